The summed E-state index contributed by atoms with van der Waals surface area (Å²) in [5.41, 5.74) is 0.210. The maximum absolute atomic E-state index is 13.6. The van der Waals surface area contributed by atoms with E-state index in [-0.39, 0.29) is 17.4 Å². The first-order valence-corrected chi connectivity index (χ1v) is 6.57. The van der Waals surface area contributed by atoms with Crippen LogP contribution in [-0.2, 0) is 4.79 Å². The lowest BCUT2D eigenvalue weighted by Crippen LogP contribution is -2.46. The van der Waals surface area contributed by atoms with Crippen molar-refractivity contribution in [2.75, 3.05) is 11.9 Å². The minimum atomic E-state index is -1.13. The van der Waals surface area contributed by atoms with Gasteiger partial charge >= 0.3 is 12.0 Å². The number of amides is 2. The molecule has 0 bridgehead atoms. The number of anilines is 1. The van der Waals surface area contributed by atoms with Crippen molar-refractivity contribution < 1.29 is 23.8 Å². The minimum absolute atomic E-state index is 0.0917. The Hall–Kier alpha value is -2.31. The Morgan fingerprint density at radius 3 is 2.52 bits per heavy atom. The van der Waals surface area contributed by atoms with E-state index in [1.807, 2.05) is 0 Å². The van der Waals surface area contributed by atoms with Crippen LogP contribution in [0, 0.1) is 11.7 Å². The van der Waals surface area contributed by atoms with E-state index < -0.39 is 23.9 Å². The second-order valence-electron chi connectivity index (χ2n) is 4.74. The molecule has 0 aromatic heterocycles. The van der Waals surface area contributed by atoms with Gasteiger partial charge in [-0.2, -0.15) is 0 Å². The number of nitrogens with one attached hydrogen (secondary N) is 2. The first-order chi connectivity index (χ1) is 9.85. The Bertz CT molecular complexity index is 520. The molecule has 0 saturated heterocycles. The molecule has 21 heavy (non-hydrogen) atoms. The molecule has 0 saturated carbocycles. The number of carbonyl (C=O) groups excluding carboxylic acids is 1. The summed E-state index contributed by atoms with van der Waals surface area (Å²) in [7, 11) is 0. The van der Waals surface area contributed by atoms with Crippen molar-refractivity contribution in [1.29, 1.82) is 0 Å². The van der Waals surface area contributed by atoms with E-state index in [2.05, 4.69) is 10.6 Å². The molecule has 7 heteroatoms. The highest BCUT2D eigenvalue weighted by Crippen LogP contribution is 2.21. The van der Waals surface area contributed by atoms with E-state index in [0.29, 0.717) is 6.61 Å². The normalized spacial score (nSPS) is 11.9. The molecule has 1 aromatic carbocycles. The average Bonchev–Trinajstić information content (AvgIpc) is 2.38. The van der Waals surface area contributed by atoms with Gasteiger partial charge in [0.1, 0.15) is 6.04 Å². The number of ether oxygens (including phenoxy) is 1. The van der Waals surface area contributed by atoms with Crippen molar-refractivity contribution in [2.45, 2.75) is 26.8 Å². The van der Waals surface area contributed by atoms with E-state index >= 15 is 0 Å². The molecule has 0 aliphatic carbocycles. The van der Waals surface area contributed by atoms with Crippen molar-refractivity contribution in [3.8, 4) is 5.75 Å². The van der Waals surface area contributed by atoms with Gasteiger partial charge in [-0.25, -0.2) is 14.0 Å². The van der Waals surface area contributed by atoms with Crippen LogP contribution in [0.3, 0.4) is 0 Å². The number of hydrogen-bond donors (Lipinski definition) is 3. The summed E-state index contributed by atoms with van der Waals surface area (Å²) in [6.45, 7) is 5.42. The van der Waals surface area contributed by atoms with Gasteiger partial charge in [0.2, 0.25) is 0 Å². The molecule has 0 heterocycles. The van der Waals surface area contributed by atoms with Gasteiger partial charge in [-0.1, -0.05) is 13.8 Å². The van der Waals surface area contributed by atoms with Gasteiger partial charge in [0.15, 0.2) is 11.6 Å². The molecule has 0 unspecified atom stereocenters. The standard InChI is InChI=1S/C14H19FN2O4/c1-4-21-11-6-5-9(7-10(11)15)16-14(20)17-12(8(2)3)13(18)19/h5-8,12H,4H2,1-3H3,(H,18,19)(H2,16,17,20)/t12-/m1/s1. The number of carbonyl (C=O) groups is 2. The first-order valence-electron chi connectivity index (χ1n) is 6.57. The van der Waals surface area contributed by atoms with Crippen molar-refractivity contribution >= 4 is 17.7 Å². The lowest BCUT2D eigenvalue weighted by molar-refractivity contribution is -0.140. The molecule has 1 atom stereocenters. The number of carboxylic acids is 1. The Labute approximate surface area is 122 Å². The van der Waals surface area contributed by atoms with Crippen LogP contribution in [-0.4, -0.2) is 29.8 Å². The molecule has 6 nitrogen and oxygen atoms in total. The maximum Gasteiger partial charge on any atom is 0.326 e. The summed E-state index contributed by atoms with van der Waals surface area (Å²) in [5.74, 6) is -1.91. The Morgan fingerprint density at radius 2 is 2.05 bits per heavy atom. The number of carboxylic acid groups (broad SMARTS) is 1. The maximum atomic E-state index is 13.6. The van der Waals surface area contributed by atoms with Crippen molar-refractivity contribution in [1.82, 2.24) is 5.32 Å². The van der Waals surface area contributed by atoms with Crippen LogP contribution in [0.5, 0.6) is 5.75 Å². The number of hydrogen-bond acceptors (Lipinski definition) is 3. The zero-order chi connectivity index (χ0) is 16.0. The van der Waals surface area contributed by atoms with E-state index in [4.69, 9.17) is 9.84 Å². The molecule has 0 spiro atoms. The summed E-state index contributed by atoms with van der Waals surface area (Å²) in [4.78, 5) is 22.7. The van der Waals surface area contributed by atoms with E-state index in [0.717, 1.165) is 6.07 Å². The molecular weight excluding hydrogens is 279 g/mol. The molecular formula is C14H19FN2O4. The van der Waals surface area contributed by atoms with Crippen LogP contribution >= 0.6 is 0 Å². The smallest absolute Gasteiger partial charge is 0.326 e. The number of aliphatic carboxylic acids is 1. The highest BCUT2D eigenvalue weighted by molar-refractivity contribution is 5.92. The topological polar surface area (TPSA) is 87.7 Å². The lowest BCUT2D eigenvalue weighted by atomic mass is 10.1. The third-order valence-electron chi connectivity index (χ3n) is 2.71. The summed E-state index contributed by atoms with van der Waals surface area (Å²) < 4.78 is 18.7. The van der Waals surface area contributed by atoms with Gasteiger partial charge in [0.05, 0.1) is 6.61 Å². The fourth-order valence-electron chi connectivity index (χ4n) is 1.67. The first kappa shape index (κ1) is 16.7. The molecule has 1 rings (SSSR count). The summed E-state index contributed by atoms with van der Waals surface area (Å²) >= 11 is 0. The number of rotatable bonds is 6. The van der Waals surface area contributed by atoms with Crippen LogP contribution in [0.15, 0.2) is 18.2 Å². The highest BCUT2D eigenvalue weighted by atomic mass is 19.1. The summed E-state index contributed by atoms with van der Waals surface area (Å²) in [6, 6.07) is 2.25. The quantitative estimate of drug-likeness (QED) is 0.752. The predicted molar refractivity (Wildman–Crippen MR) is 76.0 cm³/mol. The SMILES string of the molecule is CCOc1ccc(NC(=O)N[C@@H](C(=O)O)C(C)C)cc1F. The molecule has 116 valence electrons. The summed E-state index contributed by atoms with van der Waals surface area (Å²) in [6.07, 6.45) is 0. The van der Waals surface area contributed by atoms with Gasteiger partial charge in [0, 0.05) is 11.8 Å². The molecule has 0 fully saturated rings. The van der Waals surface area contributed by atoms with E-state index in [1.165, 1.54) is 12.1 Å². The fraction of sp³-hybridized carbons (Fsp3) is 0.429. The lowest BCUT2D eigenvalue weighted by Gasteiger charge is -2.18. The Kier molecular flexibility index (Phi) is 5.95. The van der Waals surface area contributed by atoms with Crippen LogP contribution in [0.25, 0.3) is 0 Å². The zero-order valence-electron chi connectivity index (χ0n) is 12.1. The fourth-order valence-corrected chi connectivity index (χ4v) is 1.67. The number of halogens is 1. The Balaban J connectivity index is 2.70. The monoisotopic (exact) mass is 298 g/mol. The van der Waals surface area contributed by atoms with Crippen LogP contribution in [0.4, 0.5) is 14.9 Å². The molecule has 2 amide bonds. The molecule has 1 aromatic rings. The number of urea groups is 1. The van der Waals surface area contributed by atoms with Gasteiger partial charge in [-0.15, -0.1) is 0 Å². The van der Waals surface area contributed by atoms with Crippen molar-refractivity contribution in [3.63, 3.8) is 0 Å². The van der Waals surface area contributed by atoms with Crippen LogP contribution in [0.1, 0.15) is 20.8 Å². The zero-order valence-corrected chi connectivity index (χ0v) is 12.1. The highest BCUT2D eigenvalue weighted by Gasteiger charge is 2.23. The van der Waals surface area contributed by atoms with Gasteiger partial charge < -0.3 is 20.5 Å². The molecule has 3 N–H and O–H groups in total. The van der Waals surface area contributed by atoms with E-state index in [9.17, 15) is 14.0 Å². The second kappa shape index (κ2) is 7.47. The minimum Gasteiger partial charge on any atom is -0.491 e. The van der Waals surface area contributed by atoms with Crippen LogP contribution < -0.4 is 15.4 Å². The van der Waals surface area contributed by atoms with E-state index in [1.54, 1.807) is 20.8 Å². The van der Waals surface area contributed by atoms with Crippen LogP contribution in [0.2, 0.25) is 0 Å². The molecule has 0 aliphatic heterocycles. The van der Waals surface area contributed by atoms with Gasteiger partial charge in [0.25, 0.3) is 0 Å². The van der Waals surface area contributed by atoms with Crippen molar-refractivity contribution in [2.24, 2.45) is 5.92 Å². The van der Waals surface area contributed by atoms with Gasteiger partial charge in [-0.3, -0.25) is 0 Å². The molecule has 0 aliphatic rings. The Morgan fingerprint density at radius 1 is 1.38 bits per heavy atom. The predicted octanol–water partition coefficient (Wildman–Crippen LogP) is 2.46. The van der Waals surface area contributed by atoms with Crippen molar-refractivity contribution in [3.05, 3.63) is 24.0 Å². The average molecular weight is 298 g/mol. The third-order valence-corrected chi connectivity index (χ3v) is 2.71. The third kappa shape index (κ3) is 4.94. The number of benzene rings is 1. The van der Waals surface area contributed by atoms with Gasteiger partial charge in [-0.05, 0) is 25.0 Å². The molecule has 0 radical (unpaired) electrons. The second-order valence-corrected chi connectivity index (χ2v) is 4.74. The summed E-state index contributed by atoms with van der Waals surface area (Å²) in [5, 5.41) is 13.7. The largest absolute Gasteiger partial charge is 0.491 e.